The van der Waals surface area contributed by atoms with Gasteiger partial charge in [-0.05, 0) is 46.3 Å². The van der Waals surface area contributed by atoms with Gasteiger partial charge in [0.05, 0.1) is 22.9 Å². The number of hydrogen-bond donors (Lipinski definition) is 0. The first-order chi connectivity index (χ1) is 10.6. The maximum atomic E-state index is 12.4. The molecule has 0 radical (unpaired) electrons. The summed E-state index contributed by atoms with van der Waals surface area (Å²) in [4.78, 5) is 17.3. The number of fused-ring (bicyclic) bond motifs is 1. The number of amides is 1. The average molecular weight is 377 g/mol. The number of hydrogen-bond acceptors (Lipinski definition) is 3. The summed E-state index contributed by atoms with van der Waals surface area (Å²) in [6, 6.07) is 13.1. The zero-order valence-corrected chi connectivity index (χ0v) is 14.4. The highest BCUT2D eigenvalue weighted by Gasteiger charge is 2.10. The van der Waals surface area contributed by atoms with Gasteiger partial charge in [-0.2, -0.15) is 4.99 Å². The van der Waals surface area contributed by atoms with Crippen molar-refractivity contribution in [2.45, 2.75) is 0 Å². The second-order valence-corrected chi connectivity index (χ2v) is 6.54. The minimum atomic E-state index is -0.262. The van der Waals surface area contributed by atoms with Gasteiger partial charge in [0, 0.05) is 11.5 Å². The number of halogens is 1. The molecule has 0 atom stereocenters. The number of aromatic nitrogens is 1. The van der Waals surface area contributed by atoms with E-state index < -0.39 is 0 Å². The zero-order valence-electron chi connectivity index (χ0n) is 12.0. The molecule has 22 heavy (non-hydrogen) atoms. The smallest absolute Gasteiger partial charge is 0.280 e. The molecule has 0 saturated heterocycles. The van der Waals surface area contributed by atoms with Gasteiger partial charge in [0.1, 0.15) is 5.75 Å². The van der Waals surface area contributed by atoms with Gasteiger partial charge in [0.2, 0.25) is 0 Å². The third kappa shape index (κ3) is 2.71. The van der Waals surface area contributed by atoms with Crippen LogP contribution < -0.4 is 9.54 Å². The van der Waals surface area contributed by atoms with Gasteiger partial charge >= 0.3 is 0 Å². The number of rotatable bonds is 2. The highest BCUT2D eigenvalue weighted by atomic mass is 79.9. The molecule has 0 fully saturated rings. The first kappa shape index (κ1) is 15.0. The molecule has 4 nitrogen and oxygen atoms in total. The lowest BCUT2D eigenvalue weighted by atomic mass is 10.2. The van der Waals surface area contributed by atoms with Gasteiger partial charge in [0.25, 0.3) is 5.91 Å². The molecule has 0 aliphatic heterocycles. The summed E-state index contributed by atoms with van der Waals surface area (Å²) in [5.41, 5.74) is 1.57. The van der Waals surface area contributed by atoms with Crippen LogP contribution in [0.4, 0.5) is 0 Å². The lowest BCUT2D eigenvalue weighted by Crippen LogP contribution is -2.13. The van der Waals surface area contributed by atoms with Crippen LogP contribution in [-0.4, -0.2) is 17.6 Å². The van der Waals surface area contributed by atoms with Crippen molar-refractivity contribution in [2.24, 2.45) is 12.0 Å². The maximum Gasteiger partial charge on any atom is 0.280 e. The number of thiazole rings is 1. The quantitative estimate of drug-likeness (QED) is 0.683. The van der Waals surface area contributed by atoms with Crippen LogP contribution in [-0.2, 0) is 7.05 Å². The molecule has 0 aliphatic rings. The van der Waals surface area contributed by atoms with Crippen molar-refractivity contribution < 1.29 is 9.53 Å². The van der Waals surface area contributed by atoms with E-state index in [-0.39, 0.29) is 5.91 Å². The molecule has 2 aromatic carbocycles. The van der Waals surface area contributed by atoms with Crippen LogP contribution in [0.3, 0.4) is 0 Å². The normalized spacial score (nSPS) is 11.9. The van der Waals surface area contributed by atoms with E-state index in [0.717, 1.165) is 20.4 Å². The third-order valence-electron chi connectivity index (χ3n) is 3.32. The summed E-state index contributed by atoms with van der Waals surface area (Å²) in [6.45, 7) is 0. The molecule has 3 rings (SSSR count). The summed E-state index contributed by atoms with van der Waals surface area (Å²) in [7, 11) is 3.54. The number of methoxy groups -OCH3 is 1. The molecule has 0 saturated carbocycles. The minimum absolute atomic E-state index is 0.262. The van der Waals surface area contributed by atoms with E-state index in [9.17, 15) is 4.79 Å². The number of aryl methyl sites for hydroxylation is 1. The van der Waals surface area contributed by atoms with Crippen molar-refractivity contribution in [1.29, 1.82) is 0 Å². The van der Waals surface area contributed by atoms with Crippen molar-refractivity contribution in [3.8, 4) is 5.75 Å². The lowest BCUT2D eigenvalue weighted by molar-refractivity contribution is 0.0997. The standard InChI is InChI=1S/C16H13BrN2O2S/c1-19-13-8-7-10(21-2)9-14(13)22-16(19)18-15(20)11-5-3-4-6-12(11)17/h3-9H,1-2H3. The molecule has 0 spiro atoms. The number of nitrogens with zero attached hydrogens (tertiary/aromatic N) is 2. The van der Waals surface area contributed by atoms with Crippen molar-refractivity contribution >= 4 is 43.4 Å². The Kier molecular flexibility index (Phi) is 4.13. The summed E-state index contributed by atoms with van der Waals surface area (Å²) in [5.74, 6) is 0.527. The summed E-state index contributed by atoms with van der Waals surface area (Å²) >= 11 is 4.84. The van der Waals surface area contributed by atoms with Gasteiger partial charge in [-0.1, -0.05) is 23.5 Å². The summed E-state index contributed by atoms with van der Waals surface area (Å²) in [5, 5.41) is 0. The Labute approximate surface area is 139 Å². The molecule has 1 heterocycles. The predicted molar refractivity (Wildman–Crippen MR) is 91.4 cm³/mol. The Balaban J connectivity index is 2.11. The largest absolute Gasteiger partial charge is 0.497 e. The molecule has 112 valence electrons. The van der Waals surface area contributed by atoms with Gasteiger partial charge in [-0.25, -0.2) is 0 Å². The first-order valence-corrected chi connectivity index (χ1v) is 8.18. The Morgan fingerprint density at radius 1 is 1.27 bits per heavy atom. The van der Waals surface area contributed by atoms with Gasteiger partial charge in [0.15, 0.2) is 4.80 Å². The van der Waals surface area contributed by atoms with E-state index >= 15 is 0 Å². The number of carbonyl (C=O) groups excluding carboxylic acids is 1. The molecule has 3 aromatic rings. The topological polar surface area (TPSA) is 43.6 Å². The predicted octanol–water partition coefficient (Wildman–Crippen LogP) is 3.75. The zero-order chi connectivity index (χ0) is 15.7. The van der Waals surface area contributed by atoms with Gasteiger partial charge in [-0.3, -0.25) is 4.79 Å². The van der Waals surface area contributed by atoms with Crippen LogP contribution in [0.25, 0.3) is 10.2 Å². The van der Waals surface area contributed by atoms with E-state index in [1.54, 1.807) is 13.2 Å². The number of ether oxygens (including phenoxy) is 1. The molecule has 0 N–H and O–H groups in total. The summed E-state index contributed by atoms with van der Waals surface area (Å²) in [6.07, 6.45) is 0. The second kappa shape index (κ2) is 6.06. The van der Waals surface area contributed by atoms with E-state index in [4.69, 9.17) is 4.74 Å². The fourth-order valence-electron chi connectivity index (χ4n) is 2.13. The molecule has 1 amide bonds. The summed E-state index contributed by atoms with van der Waals surface area (Å²) < 4.78 is 8.91. The highest BCUT2D eigenvalue weighted by molar-refractivity contribution is 9.10. The number of carbonyl (C=O) groups is 1. The van der Waals surface area contributed by atoms with Crippen LogP contribution in [0.1, 0.15) is 10.4 Å². The van der Waals surface area contributed by atoms with E-state index in [0.29, 0.717) is 10.4 Å². The Morgan fingerprint density at radius 2 is 2.05 bits per heavy atom. The van der Waals surface area contributed by atoms with Crippen molar-refractivity contribution in [1.82, 2.24) is 4.57 Å². The minimum Gasteiger partial charge on any atom is -0.497 e. The Bertz CT molecular complexity index is 927. The van der Waals surface area contributed by atoms with E-state index in [1.165, 1.54) is 11.3 Å². The SMILES string of the molecule is COc1ccc2c(c1)sc(=NC(=O)c1ccccc1Br)n2C. The molecule has 1 aromatic heterocycles. The molecular formula is C16H13BrN2O2S. The fraction of sp³-hybridized carbons (Fsp3) is 0.125. The average Bonchev–Trinajstić information content (AvgIpc) is 2.83. The van der Waals surface area contributed by atoms with Gasteiger partial charge in [-0.15, -0.1) is 0 Å². The van der Waals surface area contributed by atoms with E-state index in [2.05, 4.69) is 20.9 Å². The van der Waals surface area contributed by atoms with Crippen molar-refractivity contribution in [2.75, 3.05) is 7.11 Å². The van der Waals surface area contributed by atoms with Gasteiger partial charge < -0.3 is 9.30 Å². The number of benzene rings is 2. The maximum absolute atomic E-state index is 12.4. The first-order valence-electron chi connectivity index (χ1n) is 6.57. The molecule has 0 bridgehead atoms. The van der Waals surface area contributed by atoms with E-state index in [1.807, 2.05) is 48.0 Å². The van der Waals surface area contributed by atoms with Crippen LogP contribution in [0, 0.1) is 0 Å². The van der Waals surface area contributed by atoms with Crippen molar-refractivity contribution in [3.05, 3.63) is 57.3 Å². The fourth-order valence-corrected chi connectivity index (χ4v) is 3.63. The highest BCUT2D eigenvalue weighted by Crippen LogP contribution is 2.22. The molecule has 0 aliphatic carbocycles. The Morgan fingerprint density at radius 3 is 2.77 bits per heavy atom. The monoisotopic (exact) mass is 376 g/mol. The van der Waals surface area contributed by atoms with Crippen LogP contribution in [0.5, 0.6) is 5.75 Å². The van der Waals surface area contributed by atoms with Crippen LogP contribution in [0.15, 0.2) is 51.9 Å². The Hall–Kier alpha value is -1.92. The van der Waals surface area contributed by atoms with Crippen molar-refractivity contribution in [3.63, 3.8) is 0 Å². The molecule has 6 heteroatoms. The second-order valence-electron chi connectivity index (χ2n) is 4.67. The molecular weight excluding hydrogens is 364 g/mol. The molecule has 0 unspecified atom stereocenters. The van der Waals surface area contributed by atoms with Crippen LogP contribution in [0.2, 0.25) is 0 Å². The lowest BCUT2D eigenvalue weighted by Gasteiger charge is -1.99. The third-order valence-corrected chi connectivity index (χ3v) is 5.10. The van der Waals surface area contributed by atoms with Crippen LogP contribution >= 0.6 is 27.3 Å².